The van der Waals surface area contributed by atoms with E-state index in [1.807, 2.05) is 24.3 Å². The van der Waals surface area contributed by atoms with Gasteiger partial charge in [0.15, 0.2) is 0 Å². The summed E-state index contributed by atoms with van der Waals surface area (Å²) in [6, 6.07) is 7.90. The first-order chi connectivity index (χ1) is 8.72. The quantitative estimate of drug-likeness (QED) is 0.332. The van der Waals surface area contributed by atoms with Gasteiger partial charge in [0, 0.05) is 6.61 Å². The molecule has 4 N–H and O–H groups in total. The Balaban J connectivity index is 2.42. The van der Waals surface area contributed by atoms with Crippen molar-refractivity contribution in [3.8, 4) is 0 Å². The molecule has 18 heavy (non-hydrogen) atoms. The topological polar surface area (TPSA) is 86.0 Å². The third-order valence-electron chi connectivity index (χ3n) is 2.27. The fourth-order valence-corrected chi connectivity index (χ4v) is 1.30. The summed E-state index contributed by atoms with van der Waals surface area (Å²) in [5.41, 5.74) is 12.4. The van der Waals surface area contributed by atoms with Crippen LogP contribution in [0.3, 0.4) is 0 Å². The highest BCUT2D eigenvalue weighted by molar-refractivity contribution is 5.81. The van der Waals surface area contributed by atoms with Crippen molar-refractivity contribution in [3.05, 3.63) is 35.4 Å². The molecule has 0 saturated carbocycles. The number of ether oxygens (including phenoxy) is 1. The SMILES string of the molecule is CCCCOCc1ccc(C=NN=C(N)N)cc1. The van der Waals surface area contributed by atoms with E-state index in [4.69, 9.17) is 16.2 Å². The van der Waals surface area contributed by atoms with Crippen molar-refractivity contribution in [2.75, 3.05) is 6.61 Å². The second-order valence-corrected chi connectivity index (χ2v) is 3.92. The van der Waals surface area contributed by atoms with Gasteiger partial charge >= 0.3 is 0 Å². The second-order valence-electron chi connectivity index (χ2n) is 3.92. The summed E-state index contributed by atoms with van der Waals surface area (Å²) in [6.45, 7) is 3.60. The van der Waals surface area contributed by atoms with Gasteiger partial charge in [-0.2, -0.15) is 5.10 Å². The molecule has 0 amide bonds. The minimum atomic E-state index is -0.0489. The molecule has 0 atom stereocenters. The normalized spacial score (nSPS) is 10.7. The van der Waals surface area contributed by atoms with Crippen LogP contribution in [0.2, 0.25) is 0 Å². The van der Waals surface area contributed by atoms with Crippen molar-refractivity contribution >= 4 is 12.2 Å². The van der Waals surface area contributed by atoms with Gasteiger partial charge in [0.05, 0.1) is 12.8 Å². The van der Waals surface area contributed by atoms with Crippen LogP contribution in [0.15, 0.2) is 34.5 Å². The Labute approximate surface area is 108 Å². The average Bonchev–Trinajstić information content (AvgIpc) is 2.36. The summed E-state index contributed by atoms with van der Waals surface area (Å²) in [7, 11) is 0. The lowest BCUT2D eigenvalue weighted by Gasteiger charge is -2.03. The molecule has 5 nitrogen and oxygen atoms in total. The van der Waals surface area contributed by atoms with E-state index >= 15 is 0 Å². The average molecular weight is 248 g/mol. The first-order valence-electron chi connectivity index (χ1n) is 6.01. The number of nitrogens with two attached hydrogens (primary N) is 2. The lowest BCUT2D eigenvalue weighted by Crippen LogP contribution is -2.21. The Kier molecular flexibility index (Phi) is 6.50. The van der Waals surface area contributed by atoms with E-state index < -0.39 is 0 Å². The van der Waals surface area contributed by atoms with Crippen molar-refractivity contribution in [1.29, 1.82) is 0 Å². The van der Waals surface area contributed by atoms with Crippen LogP contribution in [0.5, 0.6) is 0 Å². The first-order valence-corrected chi connectivity index (χ1v) is 6.01. The summed E-state index contributed by atoms with van der Waals surface area (Å²) < 4.78 is 5.52. The summed E-state index contributed by atoms with van der Waals surface area (Å²) in [5, 5.41) is 7.27. The van der Waals surface area contributed by atoms with Crippen LogP contribution in [-0.2, 0) is 11.3 Å². The number of unbranched alkanes of at least 4 members (excludes halogenated alkanes) is 1. The summed E-state index contributed by atoms with van der Waals surface area (Å²) in [5.74, 6) is -0.0489. The second kappa shape index (κ2) is 8.25. The number of nitrogens with zero attached hydrogens (tertiary/aromatic N) is 2. The highest BCUT2D eigenvalue weighted by atomic mass is 16.5. The van der Waals surface area contributed by atoms with Gasteiger partial charge < -0.3 is 16.2 Å². The molecule has 0 aliphatic carbocycles. The zero-order valence-electron chi connectivity index (χ0n) is 10.7. The van der Waals surface area contributed by atoms with E-state index in [0.29, 0.717) is 6.61 Å². The van der Waals surface area contributed by atoms with E-state index in [0.717, 1.165) is 30.6 Å². The van der Waals surface area contributed by atoms with Crippen LogP contribution in [0.1, 0.15) is 30.9 Å². The highest BCUT2D eigenvalue weighted by Crippen LogP contribution is 2.05. The van der Waals surface area contributed by atoms with Crippen molar-refractivity contribution in [3.63, 3.8) is 0 Å². The van der Waals surface area contributed by atoms with Crippen LogP contribution >= 0.6 is 0 Å². The maximum absolute atomic E-state index is 5.52. The molecule has 98 valence electrons. The van der Waals surface area contributed by atoms with Crippen molar-refractivity contribution < 1.29 is 4.74 Å². The molecule has 1 aromatic rings. The maximum atomic E-state index is 5.52. The number of rotatable bonds is 7. The molecule has 0 aliphatic rings. The monoisotopic (exact) mass is 248 g/mol. The van der Waals surface area contributed by atoms with Gasteiger partial charge in [-0.15, -0.1) is 5.10 Å². The molecule has 0 fully saturated rings. The summed E-state index contributed by atoms with van der Waals surface area (Å²) in [6.07, 6.45) is 3.85. The fraction of sp³-hybridized carbons (Fsp3) is 0.385. The molecule has 0 bridgehead atoms. The van der Waals surface area contributed by atoms with Crippen LogP contribution < -0.4 is 11.5 Å². The Hall–Kier alpha value is -1.88. The number of guanidine groups is 1. The van der Waals surface area contributed by atoms with Gasteiger partial charge in [-0.3, -0.25) is 0 Å². The minimum Gasteiger partial charge on any atom is -0.377 e. The molecule has 0 radical (unpaired) electrons. The Bertz CT molecular complexity index is 394. The predicted molar refractivity (Wildman–Crippen MR) is 74.4 cm³/mol. The number of hydrogen-bond acceptors (Lipinski definition) is 3. The Morgan fingerprint density at radius 1 is 1.28 bits per heavy atom. The van der Waals surface area contributed by atoms with E-state index in [-0.39, 0.29) is 5.96 Å². The largest absolute Gasteiger partial charge is 0.377 e. The van der Waals surface area contributed by atoms with Crippen molar-refractivity contribution in [2.45, 2.75) is 26.4 Å². The van der Waals surface area contributed by atoms with Crippen LogP contribution in [0.4, 0.5) is 0 Å². The van der Waals surface area contributed by atoms with E-state index in [1.54, 1.807) is 6.21 Å². The first kappa shape index (κ1) is 14.2. The molecular formula is C13H20N4O. The smallest absolute Gasteiger partial charge is 0.211 e. The third-order valence-corrected chi connectivity index (χ3v) is 2.27. The maximum Gasteiger partial charge on any atom is 0.211 e. The number of hydrogen-bond donors (Lipinski definition) is 2. The molecule has 1 rings (SSSR count). The Morgan fingerprint density at radius 3 is 2.61 bits per heavy atom. The molecular weight excluding hydrogens is 228 g/mol. The summed E-state index contributed by atoms with van der Waals surface area (Å²) >= 11 is 0. The van der Waals surface area contributed by atoms with Gasteiger partial charge in [-0.1, -0.05) is 37.6 Å². The fourth-order valence-electron chi connectivity index (χ4n) is 1.30. The molecule has 0 heterocycles. The van der Waals surface area contributed by atoms with E-state index in [9.17, 15) is 0 Å². The molecule has 1 aromatic carbocycles. The molecule has 0 spiro atoms. The van der Waals surface area contributed by atoms with Crippen LogP contribution in [-0.4, -0.2) is 18.8 Å². The zero-order valence-corrected chi connectivity index (χ0v) is 10.7. The molecule has 0 aromatic heterocycles. The van der Waals surface area contributed by atoms with Gasteiger partial charge in [-0.25, -0.2) is 0 Å². The Morgan fingerprint density at radius 2 is 2.00 bits per heavy atom. The lowest BCUT2D eigenvalue weighted by molar-refractivity contribution is 0.118. The van der Waals surface area contributed by atoms with Crippen LogP contribution in [0, 0.1) is 0 Å². The standard InChI is InChI=1S/C13H20N4O/c1-2-3-8-18-10-12-6-4-11(5-7-12)9-16-17-13(14)15/h4-7,9H,2-3,8,10H2,1H3,(H4,14,15,17). The van der Waals surface area contributed by atoms with Gasteiger partial charge in [0.2, 0.25) is 5.96 Å². The van der Waals surface area contributed by atoms with Gasteiger partial charge in [0.1, 0.15) is 0 Å². The van der Waals surface area contributed by atoms with Crippen LogP contribution in [0.25, 0.3) is 0 Å². The summed E-state index contributed by atoms with van der Waals surface area (Å²) in [4.78, 5) is 0. The van der Waals surface area contributed by atoms with Crippen molar-refractivity contribution in [2.24, 2.45) is 21.7 Å². The molecule has 0 aliphatic heterocycles. The predicted octanol–water partition coefficient (Wildman–Crippen LogP) is 1.61. The lowest BCUT2D eigenvalue weighted by atomic mass is 10.1. The number of benzene rings is 1. The molecule has 5 heteroatoms. The van der Waals surface area contributed by atoms with Gasteiger partial charge in [0.25, 0.3) is 0 Å². The highest BCUT2D eigenvalue weighted by Gasteiger charge is 1.93. The van der Waals surface area contributed by atoms with E-state index in [2.05, 4.69) is 17.1 Å². The van der Waals surface area contributed by atoms with E-state index in [1.165, 1.54) is 0 Å². The minimum absolute atomic E-state index is 0.0489. The van der Waals surface area contributed by atoms with Crippen molar-refractivity contribution in [1.82, 2.24) is 0 Å². The molecule has 0 saturated heterocycles. The van der Waals surface area contributed by atoms with Gasteiger partial charge in [-0.05, 0) is 17.5 Å². The third kappa shape index (κ3) is 6.00. The molecule has 0 unspecified atom stereocenters. The zero-order chi connectivity index (χ0) is 13.2.